The second-order valence-corrected chi connectivity index (χ2v) is 7.83. The van der Waals surface area contributed by atoms with Gasteiger partial charge in [0.25, 0.3) is 0 Å². The standard InChI is InChI=1S/C20H25NO4S/c1-2-17-16-6-8-26-20(16)5-7-21(17)10-15(22)12-23-11-14-3-4-18-19(9-14)25-13-24-18/h3-4,6,8-9,15,17,22H,2,5,7,10-13H2,1H3/t15-,17+/m1/s1. The summed E-state index contributed by atoms with van der Waals surface area (Å²) in [4.78, 5) is 3.89. The highest BCUT2D eigenvalue weighted by molar-refractivity contribution is 7.10. The minimum atomic E-state index is -0.488. The summed E-state index contributed by atoms with van der Waals surface area (Å²) in [6.07, 6.45) is 1.65. The van der Waals surface area contributed by atoms with Crippen molar-refractivity contribution < 1.29 is 19.3 Å². The number of hydrogen-bond acceptors (Lipinski definition) is 6. The van der Waals surface area contributed by atoms with Crippen LogP contribution in [0, 0.1) is 0 Å². The van der Waals surface area contributed by atoms with Gasteiger partial charge in [-0.15, -0.1) is 11.3 Å². The first-order chi connectivity index (χ1) is 12.7. The molecule has 0 spiro atoms. The zero-order valence-corrected chi connectivity index (χ0v) is 15.8. The predicted octanol–water partition coefficient (Wildman–Crippen LogP) is 3.36. The molecule has 3 heterocycles. The van der Waals surface area contributed by atoms with Crippen LogP contribution >= 0.6 is 11.3 Å². The number of benzene rings is 1. The number of aliphatic hydroxyl groups is 1. The van der Waals surface area contributed by atoms with E-state index in [0.717, 1.165) is 36.4 Å². The van der Waals surface area contributed by atoms with Crippen LogP contribution in [0.2, 0.25) is 0 Å². The van der Waals surface area contributed by atoms with Crippen molar-refractivity contribution in [1.29, 1.82) is 0 Å². The van der Waals surface area contributed by atoms with Crippen LogP contribution < -0.4 is 9.47 Å². The van der Waals surface area contributed by atoms with Crippen molar-refractivity contribution in [2.24, 2.45) is 0 Å². The molecule has 140 valence electrons. The van der Waals surface area contributed by atoms with Gasteiger partial charge in [0.1, 0.15) is 0 Å². The van der Waals surface area contributed by atoms with E-state index >= 15 is 0 Å². The third-order valence-corrected chi connectivity index (χ3v) is 6.05. The summed E-state index contributed by atoms with van der Waals surface area (Å²) in [5, 5.41) is 12.6. The van der Waals surface area contributed by atoms with E-state index in [1.807, 2.05) is 29.5 Å². The van der Waals surface area contributed by atoms with Gasteiger partial charge < -0.3 is 19.3 Å². The molecule has 0 radical (unpaired) electrons. The third kappa shape index (κ3) is 3.74. The molecular weight excluding hydrogens is 350 g/mol. The number of aliphatic hydroxyl groups excluding tert-OH is 1. The summed E-state index contributed by atoms with van der Waals surface area (Å²) in [6, 6.07) is 8.45. The fourth-order valence-electron chi connectivity index (χ4n) is 3.81. The summed E-state index contributed by atoms with van der Waals surface area (Å²) in [6.45, 7) is 4.93. The van der Waals surface area contributed by atoms with Gasteiger partial charge in [0, 0.05) is 24.0 Å². The van der Waals surface area contributed by atoms with E-state index in [9.17, 15) is 5.11 Å². The molecule has 1 N–H and O–H groups in total. The normalized spacial score (nSPS) is 20.2. The maximum Gasteiger partial charge on any atom is 0.231 e. The van der Waals surface area contributed by atoms with Gasteiger partial charge in [0.05, 0.1) is 19.3 Å². The van der Waals surface area contributed by atoms with Crippen LogP contribution in [0.5, 0.6) is 11.5 Å². The quantitative estimate of drug-likeness (QED) is 0.804. The Balaban J connectivity index is 1.27. The highest BCUT2D eigenvalue weighted by atomic mass is 32.1. The fraction of sp³-hybridized carbons (Fsp3) is 0.500. The highest BCUT2D eigenvalue weighted by Crippen LogP contribution is 2.35. The first-order valence-electron chi connectivity index (χ1n) is 9.19. The zero-order valence-electron chi connectivity index (χ0n) is 15.0. The van der Waals surface area contributed by atoms with Crippen molar-refractivity contribution >= 4 is 11.3 Å². The Kier molecular flexibility index (Phi) is 5.45. The van der Waals surface area contributed by atoms with Gasteiger partial charge in [-0.2, -0.15) is 0 Å². The van der Waals surface area contributed by atoms with Gasteiger partial charge in [-0.25, -0.2) is 0 Å². The molecule has 2 aliphatic heterocycles. The predicted molar refractivity (Wildman–Crippen MR) is 101 cm³/mol. The number of β-amino-alcohol motifs (C(OH)–C–C–N with tert-alkyl or cyclic N) is 1. The summed E-state index contributed by atoms with van der Waals surface area (Å²) in [5.74, 6) is 1.54. The van der Waals surface area contributed by atoms with E-state index in [2.05, 4.69) is 23.3 Å². The van der Waals surface area contributed by atoms with Gasteiger partial charge in [-0.1, -0.05) is 13.0 Å². The van der Waals surface area contributed by atoms with E-state index in [1.54, 1.807) is 0 Å². The van der Waals surface area contributed by atoms with E-state index in [0.29, 0.717) is 25.8 Å². The van der Waals surface area contributed by atoms with Crippen molar-refractivity contribution in [3.8, 4) is 11.5 Å². The van der Waals surface area contributed by atoms with Gasteiger partial charge in [-0.3, -0.25) is 4.90 Å². The SMILES string of the molecule is CC[C@H]1c2ccsc2CCN1C[C@@H](O)COCc1ccc2c(c1)OCO2. The topological polar surface area (TPSA) is 51.2 Å². The smallest absolute Gasteiger partial charge is 0.231 e. The van der Waals surface area contributed by atoms with Gasteiger partial charge in [0.15, 0.2) is 11.5 Å². The van der Waals surface area contributed by atoms with Crippen LogP contribution in [0.25, 0.3) is 0 Å². The van der Waals surface area contributed by atoms with Crippen LogP contribution in [0.15, 0.2) is 29.6 Å². The molecule has 5 nitrogen and oxygen atoms in total. The molecule has 0 bridgehead atoms. The number of fused-ring (bicyclic) bond motifs is 2. The minimum absolute atomic E-state index is 0.276. The first-order valence-corrected chi connectivity index (χ1v) is 10.1. The highest BCUT2D eigenvalue weighted by Gasteiger charge is 2.28. The van der Waals surface area contributed by atoms with Crippen LogP contribution in [-0.2, 0) is 17.8 Å². The molecule has 26 heavy (non-hydrogen) atoms. The average Bonchev–Trinajstić information content (AvgIpc) is 3.30. The monoisotopic (exact) mass is 375 g/mol. The average molecular weight is 375 g/mol. The molecule has 2 aromatic rings. The summed E-state index contributed by atoms with van der Waals surface area (Å²) >= 11 is 1.85. The van der Waals surface area contributed by atoms with Crippen molar-refractivity contribution in [1.82, 2.24) is 4.90 Å². The fourth-order valence-corrected chi connectivity index (χ4v) is 4.74. The molecular formula is C20H25NO4S. The molecule has 0 amide bonds. The number of thiophene rings is 1. The molecule has 0 aliphatic carbocycles. The Labute approximate surface area is 158 Å². The van der Waals surface area contributed by atoms with E-state index < -0.39 is 6.10 Å². The Morgan fingerprint density at radius 3 is 3.08 bits per heavy atom. The lowest BCUT2D eigenvalue weighted by atomic mass is 9.97. The molecule has 0 fully saturated rings. The first kappa shape index (κ1) is 17.8. The number of hydrogen-bond donors (Lipinski definition) is 1. The Morgan fingerprint density at radius 1 is 1.31 bits per heavy atom. The maximum atomic E-state index is 10.4. The lowest BCUT2D eigenvalue weighted by Gasteiger charge is -2.36. The Bertz CT molecular complexity index is 747. The lowest BCUT2D eigenvalue weighted by Crippen LogP contribution is -2.41. The van der Waals surface area contributed by atoms with Crippen LogP contribution in [0.4, 0.5) is 0 Å². The van der Waals surface area contributed by atoms with Gasteiger partial charge in [0.2, 0.25) is 6.79 Å². The molecule has 0 saturated heterocycles. The van der Waals surface area contributed by atoms with Crippen molar-refractivity contribution in [3.05, 3.63) is 45.6 Å². The minimum Gasteiger partial charge on any atom is -0.454 e. The molecule has 2 aliphatic rings. The summed E-state index contributed by atoms with van der Waals surface area (Å²) in [5.41, 5.74) is 2.46. The van der Waals surface area contributed by atoms with E-state index in [-0.39, 0.29) is 6.79 Å². The van der Waals surface area contributed by atoms with E-state index in [1.165, 1.54) is 10.4 Å². The molecule has 2 atom stereocenters. The number of ether oxygens (including phenoxy) is 3. The molecule has 0 unspecified atom stereocenters. The molecule has 4 rings (SSSR count). The Hall–Kier alpha value is -1.60. The lowest BCUT2D eigenvalue weighted by molar-refractivity contribution is 0.000265. The van der Waals surface area contributed by atoms with Crippen molar-refractivity contribution in [2.75, 3.05) is 26.5 Å². The second kappa shape index (κ2) is 7.96. The molecule has 1 aromatic carbocycles. The third-order valence-electron chi connectivity index (χ3n) is 5.05. The van der Waals surface area contributed by atoms with Gasteiger partial charge >= 0.3 is 0 Å². The maximum absolute atomic E-state index is 10.4. The summed E-state index contributed by atoms with van der Waals surface area (Å²) < 4.78 is 16.4. The van der Waals surface area contributed by atoms with Crippen molar-refractivity contribution in [2.45, 2.75) is 38.5 Å². The number of nitrogens with zero attached hydrogens (tertiary/aromatic N) is 1. The zero-order chi connectivity index (χ0) is 17.9. The number of rotatable bonds is 7. The van der Waals surface area contributed by atoms with Crippen LogP contribution in [0.1, 0.15) is 35.4 Å². The molecule has 1 aromatic heterocycles. The second-order valence-electron chi connectivity index (χ2n) is 6.82. The van der Waals surface area contributed by atoms with Gasteiger partial charge in [-0.05, 0) is 47.5 Å². The van der Waals surface area contributed by atoms with Crippen LogP contribution in [-0.4, -0.2) is 42.6 Å². The van der Waals surface area contributed by atoms with Crippen molar-refractivity contribution in [3.63, 3.8) is 0 Å². The molecule has 6 heteroatoms. The van der Waals surface area contributed by atoms with Crippen LogP contribution in [0.3, 0.4) is 0 Å². The Morgan fingerprint density at radius 2 is 2.19 bits per heavy atom. The summed E-state index contributed by atoms with van der Waals surface area (Å²) in [7, 11) is 0. The molecule has 0 saturated carbocycles. The van der Waals surface area contributed by atoms with E-state index in [4.69, 9.17) is 14.2 Å². The largest absolute Gasteiger partial charge is 0.454 e.